The summed E-state index contributed by atoms with van der Waals surface area (Å²) in [6.07, 6.45) is 0. The number of hydrogen-bond acceptors (Lipinski definition) is 5. The Labute approximate surface area is 126 Å². The quantitative estimate of drug-likeness (QED) is 0.871. The van der Waals surface area contributed by atoms with Gasteiger partial charge in [0.05, 0.1) is 23.1 Å². The van der Waals surface area contributed by atoms with Crippen LogP contribution >= 0.6 is 0 Å². The lowest BCUT2D eigenvalue weighted by Gasteiger charge is -2.29. The molecule has 1 aliphatic rings. The van der Waals surface area contributed by atoms with E-state index in [2.05, 4.69) is 5.10 Å². The lowest BCUT2D eigenvalue weighted by Crippen LogP contribution is -2.35. The van der Waals surface area contributed by atoms with Crippen molar-refractivity contribution in [3.05, 3.63) is 46.7 Å². The third-order valence-electron chi connectivity index (χ3n) is 3.49. The molecule has 0 spiro atoms. The van der Waals surface area contributed by atoms with Crippen molar-refractivity contribution >= 4 is 17.7 Å². The van der Waals surface area contributed by atoms with Gasteiger partial charge in [-0.3, -0.25) is 5.01 Å². The van der Waals surface area contributed by atoms with E-state index >= 15 is 0 Å². The maximum absolute atomic E-state index is 11.6. The van der Waals surface area contributed by atoms with Crippen molar-refractivity contribution in [2.75, 3.05) is 7.05 Å². The summed E-state index contributed by atoms with van der Waals surface area (Å²) in [6, 6.07) is 8.17. The lowest BCUT2D eigenvalue weighted by atomic mass is 9.84. The zero-order valence-corrected chi connectivity index (χ0v) is 11.9. The van der Waals surface area contributed by atoms with E-state index in [-0.39, 0.29) is 11.3 Å². The molecule has 7 nitrogen and oxygen atoms in total. The molecule has 1 unspecified atom stereocenters. The molecule has 7 heteroatoms. The fourth-order valence-electron chi connectivity index (χ4n) is 2.37. The zero-order valence-electron chi connectivity index (χ0n) is 11.9. The van der Waals surface area contributed by atoms with Crippen LogP contribution in [0.3, 0.4) is 0 Å². The first-order chi connectivity index (χ1) is 10.4. The lowest BCUT2D eigenvalue weighted by molar-refractivity contribution is -0.133. The molecule has 0 saturated carbocycles. The van der Waals surface area contributed by atoms with Crippen LogP contribution in [0, 0.1) is 11.3 Å². The van der Waals surface area contributed by atoms with E-state index in [1.807, 2.05) is 6.07 Å². The first-order valence-electron chi connectivity index (χ1n) is 6.36. The summed E-state index contributed by atoms with van der Waals surface area (Å²) in [4.78, 5) is 23.1. The predicted octanol–water partition coefficient (Wildman–Crippen LogP) is 1.39. The minimum absolute atomic E-state index is 0.0648. The number of carboxylic acids is 2. The molecule has 112 valence electrons. The van der Waals surface area contributed by atoms with Crippen molar-refractivity contribution in [2.24, 2.45) is 5.10 Å². The maximum atomic E-state index is 11.6. The summed E-state index contributed by atoms with van der Waals surface area (Å²) in [5, 5.41) is 33.0. The molecule has 1 aromatic carbocycles. The molecule has 1 aliphatic heterocycles. The smallest absolute Gasteiger partial charge is 0.353 e. The largest absolute Gasteiger partial charge is 0.478 e. The highest BCUT2D eigenvalue weighted by Gasteiger charge is 2.37. The van der Waals surface area contributed by atoms with Gasteiger partial charge >= 0.3 is 11.9 Å². The van der Waals surface area contributed by atoms with Crippen molar-refractivity contribution in [1.29, 1.82) is 5.26 Å². The number of benzene rings is 1. The van der Waals surface area contributed by atoms with Gasteiger partial charge in [-0.05, 0) is 24.6 Å². The van der Waals surface area contributed by atoms with Crippen LogP contribution in [0.2, 0.25) is 0 Å². The van der Waals surface area contributed by atoms with E-state index in [4.69, 9.17) is 5.26 Å². The molecular formula is C15H13N3O4. The van der Waals surface area contributed by atoms with Crippen LogP contribution in [0.1, 0.15) is 24.0 Å². The van der Waals surface area contributed by atoms with Gasteiger partial charge in [0.15, 0.2) is 5.71 Å². The summed E-state index contributed by atoms with van der Waals surface area (Å²) in [5.74, 6) is -3.55. The third kappa shape index (κ3) is 2.54. The van der Waals surface area contributed by atoms with Gasteiger partial charge in [-0.25, -0.2) is 9.59 Å². The number of hydrogen-bond donors (Lipinski definition) is 2. The molecule has 0 aromatic heterocycles. The first kappa shape index (κ1) is 15.3. The molecule has 0 saturated heterocycles. The number of hydrazone groups is 1. The molecule has 0 bridgehead atoms. The van der Waals surface area contributed by atoms with Gasteiger partial charge in [-0.1, -0.05) is 12.1 Å². The molecule has 0 fully saturated rings. The number of nitrogens with zero attached hydrogens (tertiary/aromatic N) is 3. The second-order valence-corrected chi connectivity index (χ2v) is 4.79. The summed E-state index contributed by atoms with van der Waals surface area (Å²) in [7, 11) is 1.49. The van der Waals surface area contributed by atoms with Gasteiger partial charge in [-0.2, -0.15) is 10.4 Å². The van der Waals surface area contributed by atoms with Crippen molar-refractivity contribution in [3.63, 3.8) is 0 Å². The van der Waals surface area contributed by atoms with Gasteiger partial charge in [0.2, 0.25) is 0 Å². The van der Waals surface area contributed by atoms with Crippen LogP contribution in [0.4, 0.5) is 0 Å². The Bertz CT molecular complexity index is 758. The Morgan fingerprint density at radius 2 is 2.00 bits per heavy atom. The molecule has 1 aromatic rings. The highest BCUT2D eigenvalue weighted by atomic mass is 16.4. The minimum atomic E-state index is -1.30. The molecule has 1 heterocycles. The van der Waals surface area contributed by atoms with Crippen LogP contribution in [0.15, 0.2) is 40.6 Å². The van der Waals surface area contributed by atoms with Gasteiger partial charge in [0.1, 0.15) is 0 Å². The normalized spacial score (nSPS) is 17.8. The minimum Gasteiger partial charge on any atom is -0.478 e. The van der Waals surface area contributed by atoms with Crippen LogP contribution in [0.5, 0.6) is 0 Å². The maximum Gasteiger partial charge on any atom is 0.353 e. The van der Waals surface area contributed by atoms with Gasteiger partial charge in [0, 0.05) is 12.7 Å². The van der Waals surface area contributed by atoms with Crippen molar-refractivity contribution in [1.82, 2.24) is 5.01 Å². The summed E-state index contributed by atoms with van der Waals surface area (Å²) >= 11 is 0. The van der Waals surface area contributed by atoms with E-state index in [1.54, 1.807) is 25.1 Å². The molecule has 1 atom stereocenters. The third-order valence-corrected chi connectivity index (χ3v) is 3.49. The highest BCUT2D eigenvalue weighted by molar-refractivity contribution is 6.39. The first-order valence-corrected chi connectivity index (χ1v) is 6.36. The number of carbonyl (C=O) groups is 2. The van der Waals surface area contributed by atoms with E-state index in [0.717, 1.165) is 0 Å². The fourth-order valence-corrected chi connectivity index (χ4v) is 2.37. The number of allylic oxidation sites excluding steroid dienone is 1. The SMILES string of the molecule is CC1=C(C(=O)O)C(c2cccc(C#N)c2)C(C(=O)O)=NN1C. The molecule has 2 rings (SSSR count). The monoisotopic (exact) mass is 299 g/mol. The highest BCUT2D eigenvalue weighted by Crippen LogP contribution is 2.34. The Morgan fingerprint density at radius 1 is 1.32 bits per heavy atom. The summed E-state index contributed by atoms with van der Waals surface area (Å²) in [5.41, 5.74) is 0.726. The van der Waals surface area contributed by atoms with Crippen molar-refractivity contribution in [3.8, 4) is 6.07 Å². The van der Waals surface area contributed by atoms with Crippen molar-refractivity contribution < 1.29 is 19.8 Å². The molecule has 0 aliphatic carbocycles. The Hall–Kier alpha value is -3.14. The number of carboxylic acid groups (broad SMARTS) is 2. The molecule has 22 heavy (non-hydrogen) atoms. The van der Waals surface area contributed by atoms with E-state index < -0.39 is 17.9 Å². The molecular weight excluding hydrogens is 286 g/mol. The second kappa shape index (κ2) is 5.69. The molecule has 0 radical (unpaired) electrons. The number of rotatable bonds is 3. The Kier molecular flexibility index (Phi) is 3.95. The van der Waals surface area contributed by atoms with E-state index in [9.17, 15) is 19.8 Å². The van der Waals surface area contributed by atoms with E-state index in [1.165, 1.54) is 18.1 Å². The average molecular weight is 299 g/mol. The zero-order chi connectivity index (χ0) is 16.4. The number of nitriles is 1. The predicted molar refractivity (Wildman–Crippen MR) is 77.1 cm³/mol. The topological polar surface area (TPSA) is 114 Å². The summed E-state index contributed by atoms with van der Waals surface area (Å²) < 4.78 is 0. The number of aliphatic carboxylic acids is 2. The second-order valence-electron chi connectivity index (χ2n) is 4.79. The van der Waals surface area contributed by atoms with Gasteiger partial charge in [0.25, 0.3) is 0 Å². The Balaban J connectivity index is 2.70. The Morgan fingerprint density at radius 3 is 2.55 bits per heavy atom. The van der Waals surface area contributed by atoms with Crippen LogP contribution in [-0.4, -0.2) is 39.9 Å². The van der Waals surface area contributed by atoms with Crippen molar-refractivity contribution in [2.45, 2.75) is 12.8 Å². The standard InChI is InChI=1S/C15H13N3O4/c1-8-11(14(19)20)12(13(15(21)22)17-18(8)2)10-5-3-4-9(6-10)7-16/h3-6,12H,1-2H3,(H,19,20)(H,21,22). The summed E-state index contributed by atoms with van der Waals surface area (Å²) in [6.45, 7) is 1.56. The van der Waals surface area contributed by atoms with Crippen LogP contribution < -0.4 is 0 Å². The molecule has 0 amide bonds. The van der Waals surface area contributed by atoms with Crippen LogP contribution in [0.25, 0.3) is 0 Å². The average Bonchev–Trinajstić information content (AvgIpc) is 2.48. The van der Waals surface area contributed by atoms with E-state index in [0.29, 0.717) is 16.8 Å². The molecule has 2 N–H and O–H groups in total. The van der Waals surface area contributed by atoms with Crippen LogP contribution in [-0.2, 0) is 9.59 Å². The fraction of sp³-hybridized carbons (Fsp3) is 0.200. The van der Waals surface area contributed by atoms with Gasteiger partial charge in [-0.15, -0.1) is 0 Å². The van der Waals surface area contributed by atoms with Gasteiger partial charge < -0.3 is 10.2 Å².